The molecule has 0 radical (unpaired) electrons. The molecule has 110 valence electrons. The summed E-state index contributed by atoms with van der Waals surface area (Å²) in [5.74, 6) is -2.11. The summed E-state index contributed by atoms with van der Waals surface area (Å²) < 4.78 is 26.9. The van der Waals surface area contributed by atoms with E-state index in [2.05, 4.69) is 10.3 Å². The normalized spacial score (nSPS) is 29.2. The van der Waals surface area contributed by atoms with E-state index in [1.54, 1.807) is 0 Å². The van der Waals surface area contributed by atoms with E-state index in [-0.39, 0.29) is 18.8 Å². The van der Waals surface area contributed by atoms with Gasteiger partial charge in [-0.3, -0.25) is 4.99 Å². The van der Waals surface area contributed by atoms with Gasteiger partial charge in [0.2, 0.25) is 5.92 Å². The summed E-state index contributed by atoms with van der Waals surface area (Å²) in [5.41, 5.74) is 5.83. The van der Waals surface area contributed by atoms with Crippen LogP contribution < -0.4 is 11.1 Å². The number of guanidine groups is 1. The fourth-order valence-electron chi connectivity index (χ4n) is 3.15. The van der Waals surface area contributed by atoms with Gasteiger partial charge in [-0.15, -0.1) is 0 Å². The molecule has 0 aliphatic heterocycles. The second-order valence-electron chi connectivity index (χ2n) is 6.02. The predicted octanol–water partition coefficient (Wildman–Crippen LogP) is 3.05. The Morgan fingerprint density at radius 2 is 1.84 bits per heavy atom. The van der Waals surface area contributed by atoms with Crippen molar-refractivity contribution in [2.45, 2.75) is 69.8 Å². The molecule has 1 unspecified atom stereocenters. The summed E-state index contributed by atoms with van der Waals surface area (Å²) in [5, 5.41) is 3.20. The number of nitrogens with one attached hydrogen (secondary N) is 1. The van der Waals surface area contributed by atoms with Crippen molar-refractivity contribution in [3.8, 4) is 0 Å². The third-order valence-electron chi connectivity index (χ3n) is 4.22. The zero-order valence-corrected chi connectivity index (χ0v) is 11.5. The lowest BCUT2D eigenvalue weighted by Crippen LogP contribution is -2.39. The molecule has 2 saturated carbocycles. The van der Waals surface area contributed by atoms with Crippen molar-refractivity contribution in [2.24, 2.45) is 16.6 Å². The first-order valence-electron chi connectivity index (χ1n) is 7.49. The van der Waals surface area contributed by atoms with E-state index in [4.69, 9.17) is 5.73 Å². The maximum Gasteiger partial charge on any atom is 0.248 e. The van der Waals surface area contributed by atoms with Crippen molar-refractivity contribution >= 4 is 5.96 Å². The second-order valence-corrected chi connectivity index (χ2v) is 6.02. The number of nitrogens with two attached hydrogens (primary N) is 1. The Balaban J connectivity index is 1.78. The van der Waals surface area contributed by atoms with Gasteiger partial charge in [0.1, 0.15) is 0 Å². The van der Waals surface area contributed by atoms with Gasteiger partial charge in [-0.05, 0) is 31.6 Å². The molecule has 5 heteroatoms. The van der Waals surface area contributed by atoms with Gasteiger partial charge in [-0.25, -0.2) is 8.78 Å². The average Bonchev–Trinajstić information content (AvgIpc) is 2.77. The highest BCUT2D eigenvalue weighted by molar-refractivity contribution is 5.78. The largest absolute Gasteiger partial charge is 0.370 e. The molecule has 3 N–H and O–H groups in total. The Hall–Kier alpha value is -0.870. The molecular weight excluding hydrogens is 248 g/mol. The predicted molar refractivity (Wildman–Crippen MR) is 73.4 cm³/mol. The monoisotopic (exact) mass is 273 g/mol. The van der Waals surface area contributed by atoms with Gasteiger partial charge in [-0.1, -0.05) is 19.3 Å². The number of alkyl halides is 2. The van der Waals surface area contributed by atoms with Crippen molar-refractivity contribution < 1.29 is 8.78 Å². The highest BCUT2D eigenvalue weighted by Gasteiger charge is 2.34. The van der Waals surface area contributed by atoms with Crippen LogP contribution in [0, 0.1) is 5.92 Å². The van der Waals surface area contributed by atoms with Crippen LogP contribution in [0.4, 0.5) is 8.78 Å². The average molecular weight is 273 g/mol. The van der Waals surface area contributed by atoms with Crippen molar-refractivity contribution in [3.05, 3.63) is 0 Å². The molecule has 0 aromatic carbocycles. The number of halogens is 2. The highest BCUT2D eigenvalue weighted by atomic mass is 19.3. The quantitative estimate of drug-likeness (QED) is 0.472. The highest BCUT2D eigenvalue weighted by Crippen LogP contribution is 2.35. The molecule has 0 saturated heterocycles. The summed E-state index contributed by atoms with van der Waals surface area (Å²) in [6, 6.07) is 0.430. The Labute approximate surface area is 114 Å². The standard InChI is InChI=1S/C14H25F2N3/c15-14(16)8-4-3-5-11(9-14)10-18-13(17)19-12-6-1-2-7-12/h11-12H,1-10H2,(H3,17,18,19). The van der Waals surface area contributed by atoms with Crippen molar-refractivity contribution in [1.82, 2.24) is 5.32 Å². The van der Waals surface area contributed by atoms with E-state index in [1.807, 2.05) is 0 Å². The van der Waals surface area contributed by atoms with Crippen molar-refractivity contribution in [2.75, 3.05) is 6.54 Å². The molecule has 1 atom stereocenters. The minimum atomic E-state index is -2.51. The van der Waals surface area contributed by atoms with Gasteiger partial charge < -0.3 is 11.1 Å². The van der Waals surface area contributed by atoms with Crippen molar-refractivity contribution in [3.63, 3.8) is 0 Å². The van der Waals surface area contributed by atoms with Crippen molar-refractivity contribution in [1.29, 1.82) is 0 Å². The minimum absolute atomic E-state index is 0.0265. The summed E-state index contributed by atoms with van der Waals surface area (Å²) in [6.07, 6.45) is 7.09. The molecule has 2 rings (SSSR count). The van der Waals surface area contributed by atoms with Gasteiger partial charge in [0.25, 0.3) is 0 Å². The van der Waals surface area contributed by atoms with Crippen LogP contribution in [0.15, 0.2) is 4.99 Å². The molecule has 2 aliphatic carbocycles. The SMILES string of the molecule is NC(=NCC1CCCCC(F)(F)C1)NC1CCCC1. The minimum Gasteiger partial charge on any atom is -0.370 e. The van der Waals surface area contributed by atoms with E-state index < -0.39 is 5.92 Å². The van der Waals surface area contributed by atoms with E-state index in [0.29, 0.717) is 25.0 Å². The van der Waals surface area contributed by atoms with Crippen LogP contribution in [-0.4, -0.2) is 24.5 Å². The number of rotatable bonds is 3. The van der Waals surface area contributed by atoms with Crippen LogP contribution in [0.25, 0.3) is 0 Å². The van der Waals surface area contributed by atoms with E-state index in [9.17, 15) is 8.78 Å². The van der Waals surface area contributed by atoms with Gasteiger partial charge in [0, 0.05) is 25.4 Å². The fourth-order valence-corrected chi connectivity index (χ4v) is 3.15. The summed E-state index contributed by atoms with van der Waals surface area (Å²) in [6.45, 7) is 0.432. The molecule has 0 bridgehead atoms. The van der Waals surface area contributed by atoms with Gasteiger partial charge in [0.05, 0.1) is 0 Å². The zero-order valence-electron chi connectivity index (χ0n) is 11.5. The van der Waals surface area contributed by atoms with Crippen LogP contribution in [0.5, 0.6) is 0 Å². The third-order valence-corrected chi connectivity index (χ3v) is 4.22. The summed E-state index contributed by atoms with van der Waals surface area (Å²) >= 11 is 0. The Bertz CT molecular complexity index is 312. The van der Waals surface area contributed by atoms with Crippen LogP contribution in [0.1, 0.15) is 57.8 Å². The summed E-state index contributed by atoms with van der Waals surface area (Å²) in [4.78, 5) is 4.27. The van der Waals surface area contributed by atoms with Gasteiger partial charge >= 0.3 is 0 Å². The molecule has 0 amide bonds. The van der Waals surface area contributed by atoms with E-state index >= 15 is 0 Å². The van der Waals surface area contributed by atoms with E-state index in [1.165, 1.54) is 12.8 Å². The zero-order chi connectivity index (χ0) is 13.7. The second kappa shape index (κ2) is 6.53. The van der Waals surface area contributed by atoms with Gasteiger partial charge in [0.15, 0.2) is 5.96 Å². The number of aliphatic imine (C=N–C) groups is 1. The fraction of sp³-hybridized carbons (Fsp3) is 0.929. The van der Waals surface area contributed by atoms with Gasteiger partial charge in [-0.2, -0.15) is 0 Å². The van der Waals surface area contributed by atoms with Crippen LogP contribution in [0.3, 0.4) is 0 Å². The van der Waals surface area contributed by atoms with E-state index in [0.717, 1.165) is 25.7 Å². The maximum atomic E-state index is 13.5. The number of hydrogen-bond donors (Lipinski definition) is 2. The molecule has 3 nitrogen and oxygen atoms in total. The lowest BCUT2D eigenvalue weighted by Gasteiger charge is -2.18. The molecule has 2 aliphatic rings. The molecule has 19 heavy (non-hydrogen) atoms. The smallest absolute Gasteiger partial charge is 0.248 e. The molecular formula is C14H25F2N3. The Kier molecular flexibility index (Phi) is 4.99. The Morgan fingerprint density at radius 1 is 1.16 bits per heavy atom. The third kappa shape index (κ3) is 4.96. The summed E-state index contributed by atoms with van der Waals surface area (Å²) in [7, 11) is 0. The number of nitrogens with zero attached hydrogens (tertiary/aromatic N) is 1. The molecule has 0 aromatic heterocycles. The lowest BCUT2D eigenvalue weighted by atomic mass is 9.99. The van der Waals surface area contributed by atoms with Crippen LogP contribution in [-0.2, 0) is 0 Å². The number of hydrogen-bond acceptors (Lipinski definition) is 1. The topological polar surface area (TPSA) is 50.4 Å². The van der Waals surface area contributed by atoms with Crippen LogP contribution in [0.2, 0.25) is 0 Å². The lowest BCUT2D eigenvalue weighted by molar-refractivity contribution is -0.0241. The molecule has 2 fully saturated rings. The molecule has 0 spiro atoms. The maximum absolute atomic E-state index is 13.5. The molecule has 0 heterocycles. The van der Waals surface area contributed by atoms with Crippen LogP contribution >= 0.6 is 0 Å². The Morgan fingerprint density at radius 3 is 2.58 bits per heavy atom. The molecule has 0 aromatic rings. The first-order chi connectivity index (χ1) is 9.05. The first-order valence-corrected chi connectivity index (χ1v) is 7.49. The first kappa shape index (κ1) is 14.5.